The van der Waals surface area contributed by atoms with Crippen molar-refractivity contribution in [2.24, 2.45) is 0 Å². The third-order valence-corrected chi connectivity index (χ3v) is 3.16. The summed E-state index contributed by atoms with van der Waals surface area (Å²) in [6.07, 6.45) is 1.36. The molecule has 0 N–H and O–H groups in total. The molecule has 0 aliphatic heterocycles. The highest BCUT2D eigenvalue weighted by Crippen LogP contribution is 2.34. The molecule has 0 saturated heterocycles. The van der Waals surface area contributed by atoms with E-state index in [9.17, 15) is 0 Å². The minimum absolute atomic E-state index is 0.340. The molecule has 2 aromatic rings. The van der Waals surface area contributed by atoms with E-state index in [-0.39, 0.29) is 0 Å². The SMILES string of the molecule is Clc1cc(-c2cc(Cl)c(Cl)cc2Cl)ncn1. The van der Waals surface area contributed by atoms with Crippen LogP contribution >= 0.6 is 46.4 Å². The fraction of sp³-hybridized carbons (Fsp3) is 0. The molecule has 1 heterocycles. The zero-order valence-corrected chi connectivity index (χ0v) is 10.7. The number of halogens is 4. The molecule has 0 bridgehead atoms. The van der Waals surface area contributed by atoms with Crippen molar-refractivity contribution in [2.45, 2.75) is 0 Å². The van der Waals surface area contributed by atoms with Crippen molar-refractivity contribution in [2.75, 3.05) is 0 Å². The quantitative estimate of drug-likeness (QED) is 0.560. The summed E-state index contributed by atoms with van der Waals surface area (Å²) in [5.41, 5.74) is 1.27. The van der Waals surface area contributed by atoms with Crippen LogP contribution in [0.25, 0.3) is 11.3 Å². The molecule has 0 saturated carbocycles. The molecule has 0 unspecified atom stereocenters. The van der Waals surface area contributed by atoms with E-state index in [4.69, 9.17) is 46.4 Å². The lowest BCUT2D eigenvalue weighted by Gasteiger charge is -2.05. The van der Waals surface area contributed by atoms with Crippen LogP contribution in [0.5, 0.6) is 0 Å². The molecule has 0 amide bonds. The van der Waals surface area contributed by atoms with Crippen LogP contribution in [0.1, 0.15) is 0 Å². The third kappa shape index (κ3) is 2.41. The predicted octanol–water partition coefficient (Wildman–Crippen LogP) is 4.76. The van der Waals surface area contributed by atoms with Crippen molar-refractivity contribution in [3.63, 3.8) is 0 Å². The second kappa shape index (κ2) is 4.76. The molecule has 0 fully saturated rings. The van der Waals surface area contributed by atoms with Crippen molar-refractivity contribution in [1.29, 1.82) is 0 Å². The molecule has 0 aliphatic carbocycles. The lowest BCUT2D eigenvalue weighted by Crippen LogP contribution is -1.87. The number of aromatic nitrogens is 2. The minimum atomic E-state index is 0.340. The van der Waals surface area contributed by atoms with Crippen molar-refractivity contribution in [3.05, 3.63) is 44.7 Å². The molecule has 16 heavy (non-hydrogen) atoms. The molecular formula is C10H4Cl4N2. The first-order valence-corrected chi connectivity index (χ1v) is 5.71. The number of hydrogen-bond acceptors (Lipinski definition) is 2. The van der Waals surface area contributed by atoms with Crippen LogP contribution in [0.3, 0.4) is 0 Å². The van der Waals surface area contributed by atoms with Crippen LogP contribution in [-0.2, 0) is 0 Å². The smallest absolute Gasteiger partial charge is 0.133 e. The Hall–Kier alpha value is -0.540. The van der Waals surface area contributed by atoms with Crippen LogP contribution in [-0.4, -0.2) is 9.97 Å². The first kappa shape index (κ1) is 11.9. The Balaban J connectivity index is 2.60. The number of nitrogens with zero attached hydrogens (tertiary/aromatic N) is 2. The molecule has 82 valence electrons. The maximum absolute atomic E-state index is 6.04. The van der Waals surface area contributed by atoms with Gasteiger partial charge in [-0.3, -0.25) is 0 Å². The van der Waals surface area contributed by atoms with E-state index in [0.717, 1.165) is 0 Å². The Morgan fingerprint density at radius 3 is 2.12 bits per heavy atom. The van der Waals surface area contributed by atoms with Crippen molar-refractivity contribution in [1.82, 2.24) is 9.97 Å². The van der Waals surface area contributed by atoms with E-state index in [2.05, 4.69) is 9.97 Å². The Labute approximate surface area is 112 Å². The summed E-state index contributed by atoms with van der Waals surface area (Å²) in [6.45, 7) is 0. The molecular weight excluding hydrogens is 290 g/mol. The number of benzene rings is 1. The summed E-state index contributed by atoms with van der Waals surface area (Å²) < 4.78 is 0. The van der Waals surface area contributed by atoms with Crippen molar-refractivity contribution < 1.29 is 0 Å². The second-order valence-corrected chi connectivity index (χ2v) is 4.58. The van der Waals surface area contributed by atoms with Gasteiger partial charge < -0.3 is 0 Å². The molecule has 1 aromatic heterocycles. The largest absolute Gasteiger partial charge is 0.236 e. The lowest BCUT2D eigenvalue weighted by atomic mass is 10.1. The first-order valence-electron chi connectivity index (χ1n) is 4.20. The molecule has 0 radical (unpaired) electrons. The molecule has 0 atom stereocenters. The monoisotopic (exact) mass is 292 g/mol. The Bertz CT molecular complexity index is 542. The average molecular weight is 294 g/mol. The van der Waals surface area contributed by atoms with Crippen LogP contribution in [0, 0.1) is 0 Å². The van der Waals surface area contributed by atoms with Crippen molar-refractivity contribution >= 4 is 46.4 Å². The standard InChI is InChI=1S/C10H4Cl4N2/c11-6-2-8(13)7(12)1-5(6)9-3-10(14)16-4-15-9/h1-4H. The average Bonchev–Trinajstić information content (AvgIpc) is 2.23. The van der Waals surface area contributed by atoms with Gasteiger partial charge in [0.1, 0.15) is 11.5 Å². The zero-order chi connectivity index (χ0) is 11.7. The van der Waals surface area contributed by atoms with Gasteiger partial charge in [-0.1, -0.05) is 46.4 Å². The molecule has 0 aliphatic rings. The summed E-state index contributed by atoms with van der Waals surface area (Å²) in [5, 5.41) is 1.61. The summed E-state index contributed by atoms with van der Waals surface area (Å²) in [7, 11) is 0. The summed E-state index contributed by atoms with van der Waals surface area (Å²) in [5.74, 6) is 0. The van der Waals surface area contributed by atoms with Gasteiger partial charge in [-0.25, -0.2) is 9.97 Å². The van der Waals surface area contributed by atoms with E-state index in [0.29, 0.717) is 31.5 Å². The van der Waals surface area contributed by atoms with Gasteiger partial charge in [-0.05, 0) is 12.1 Å². The van der Waals surface area contributed by atoms with Gasteiger partial charge in [-0.2, -0.15) is 0 Å². The highest BCUT2D eigenvalue weighted by atomic mass is 35.5. The van der Waals surface area contributed by atoms with Crippen LogP contribution < -0.4 is 0 Å². The number of hydrogen-bond donors (Lipinski definition) is 0. The van der Waals surface area contributed by atoms with Crippen LogP contribution in [0.2, 0.25) is 20.2 Å². The Kier molecular flexibility index (Phi) is 3.55. The first-order chi connectivity index (χ1) is 7.58. The van der Waals surface area contributed by atoms with E-state index >= 15 is 0 Å². The summed E-state index contributed by atoms with van der Waals surface area (Å²) >= 11 is 23.5. The van der Waals surface area contributed by atoms with Gasteiger partial charge in [0.2, 0.25) is 0 Å². The summed E-state index contributed by atoms with van der Waals surface area (Å²) in [6, 6.07) is 4.81. The number of rotatable bonds is 1. The molecule has 1 aromatic carbocycles. The lowest BCUT2D eigenvalue weighted by molar-refractivity contribution is 1.17. The molecule has 0 spiro atoms. The van der Waals surface area contributed by atoms with Gasteiger partial charge in [0.05, 0.1) is 20.8 Å². The van der Waals surface area contributed by atoms with Gasteiger partial charge >= 0.3 is 0 Å². The van der Waals surface area contributed by atoms with Crippen LogP contribution in [0.15, 0.2) is 24.5 Å². The minimum Gasteiger partial charge on any atom is -0.236 e. The van der Waals surface area contributed by atoms with Gasteiger partial charge in [0.25, 0.3) is 0 Å². The fourth-order valence-corrected chi connectivity index (χ4v) is 1.99. The van der Waals surface area contributed by atoms with E-state index in [1.54, 1.807) is 18.2 Å². The highest BCUT2D eigenvalue weighted by Gasteiger charge is 2.09. The molecule has 2 rings (SSSR count). The van der Waals surface area contributed by atoms with Crippen molar-refractivity contribution in [3.8, 4) is 11.3 Å². The molecule has 6 heteroatoms. The normalized spacial score (nSPS) is 10.5. The maximum atomic E-state index is 6.04. The maximum Gasteiger partial charge on any atom is 0.133 e. The van der Waals surface area contributed by atoms with Gasteiger partial charge in [0, 0.05) is 11.6 Å². The summed E-state index contributed by atoms with van der Waals surface area (Å²) in [4.78, 5) is 7.85. The van der Waals surface area contributed by atoms with Crippen LogP contribution in [0.4, 0.5) is 0 Å². The fourth-order valence-electron chi connectivity index (χ4n) is 1.20. The Morgan fingerprint density at radius 1 is 0.750 bits per heavy atom. The van der Waals surface area contributed by atoms with E-state index < -0.39 is 0 Å². The second-order valence-electron chi connectivity index (χ2n) is 2.97. The zero-order valence-electron chi connectivity index (χ0n) is 7.72. The van der Waals surface area contributed by atoms with Gasteiger partial charge in [0.15, 0.2) is 0 Å². The predicted molar refractivity (Wildman–Crippen MR) is 67.5 cm³/mol. The van der Waals surface area contributed by atoms with Gasteiger partial charge in [-0.15, -0.1) is 0 Å². The third-order valence-electron chi connectivity index (χ3n) is 1.92. The topological polar surface area (TPSA) is 25.8 Å². The van der Waals surface area contributed by atoms with E-state index in [1.807, 2.05) is 0 Å². The Morgan fingerprint density at radius 2 is 1.44 bits per heavy atom. The molecule has 2 nitrogen and oxygen atoms in total. The van der Waals surface area contributed by atoms with E-state index in [1.165, 1.54) is 6.33 Å². The highest BCUT2D eigenvalue weighted by molar-refractivity contribution is 6.44.